The summed E-state index contributed by atoms with van der Waals surface area (Å²) in [4.78, 5) is 23.6. The lowest BCUT2D eigenvalue weighted by Crippen LogP contribution is -2.33. The number of rotatable bonds is 9. The Balaban J connectivity index is 1.96. The van der Waals surface area contributed by atoms with Gasteiger partial charge in [0.05, 0.1) is 6.54 Å². The molecule has 0 fully saturated rings. The predicted molar refractivity (Wildman–Crippen MR) is 115 cm³/mol. The van der Waals surface area contributed by atoms with E-state index in [0.29, 0.717) is 17.3 Å². The van der Waals surface area contributed by atoms with E-state index < -0.39 is 0 Å². The molecule has 1 atom stereocenters. The van der Waals surface area contributed by atoms with Gasteiger partial charge < -0.3 is 16.0 Å². The number of hydrogen-bond acceptors (Lipinski definition) is 3. The number of benzene rings is 2. The highest BCUT2D eigenvalue weighted by Crippen LogP contribution is 2.22. The molecule has 0 aliphatic rings. The van der Waals surface area contributed by atoms with Crippen LogP contribution in [0.2, 0.25) is 0 Å². The highest BCUT2D eigenvalue weighted by Gasteiger charge is 2.16. The Morgan fingerprint density at radius 2 is 1.61 bits per heavy atom. The van der Waals surface area contributed by atoms with Crippen molar-refractivity contribution < 1.29 is 9.59 Å². The lowest BCUT2D eigenvalue weighted by atomic mass is 9.94. The van der Waals surface area contributed by atoms with Crippen LogP contribution in [0.4, 0.5) is 11.4 Å². The predicted octanol–water partition coefficient (Wildman–Crippen LogP) is 4.52. The first kappa shape index (κ1) is 21.6. The van der Waals surface area contributed by atoms with Crippen molar-refractivity contribution in [2.24, 2.45) is 5.92 Å². The molecule has 2 amide bonds. The smallest absolute Gasteiger partial charge is 0.238 e. The van der Waals surface area contributed by atoms with Crippen molar-refractivity contribution in [1.29, 1.82) is 0 Å². The maximum atomic E-state index is 12.4. The summed E-state index contributed by atoms with van der Waals surface area (Å²) in [7, 11) is 0. The number of nitrogens with one attached hydrogen (secondary N) is 3. The number of hydrogen-bond donors (Lipinski definition) is 3. The van der Waals surface area contributed by atoms with E-state index in [0.717, 1.165) is 12.8 Å². The van der Waals surface area contributed by atoms with Crippen LogP contribution in [-0.4, -0.2) is 18.4 Å². The van der Waals surface area contributed by atoms with E-state index in [9.17, 15) is 9.59 Å². The van der Waals surface area contributed by atoms with Crippen molar-refractivity contribution in [2.45, 2.75) is 46.6 Å². The molecule has 0 aliphatic carbocycles. The Labute approximate surface area is 167 Å². The second kappa shape index (κ2) is 10.6. The fourth-order valence-corrected chi connectivity index (χ4v) is 3.20. The maximum Gasteiger partial charge on any atom is 0.238 e. The fraction of sp³-hybridized carbons (Fsp3) is 0.391. The highest BCUT2D eigenvalue weighted by atomic mass is 16.2. The molecule has 0 radical (unpaired) electrons. The van der Waals surface area contributed by atoms with Crippen LogP contribution in [0.15, 0.2) is 48.5 Å². The molecule has 0 heterocycles. The van der Waals surface area contributed by atoms with Gasteiger partial charge in [0, 0.05) is 24.3 Å². The van der Waals surface area contributed by atoms with E-state index in [2.05, 4.69) is 61.0 Å². The van der Waals surface area contributed by atoms with Crippen molar-refractivity contribution in [3.63, 3.8) is 0 Å². The van der Waals surface area contributed by atoms with Crippen LogP contribution in [0.1, 0.15) is 51.3 Å². The summed E-state index contributed by atoms with van der Waals surface area (Å²) >= 11 is 0. The van der Waals surface area contributed by atoms with Crippen molar-refractivity contribution in [1.82, 2.24) is 5.32 Å². The van der Waals surface area contributed by atoms with Crippen molar-refractivity contribution >= 4 is 23.2 Å². The minimum atomic E-state index is -0.144. The minimum absolute atomic E-state index is 0.104. The van der Waals surface area contributed by atoms with Gasteiger partial charge in [0.1, 0.15) is 0 Å². The van der Waals surface area contributed by atoms with E-state index in [1.807, 2.05) is 0 Å². The minimum Gasteiger partial charge on any atom is -0.326 e. The second-order valence-corrected chi connectivity index (χ2v) is 7.40. The molecule has 2 aromatic carbocycles. The van der Waals surface area contributed by atoms with Gasteiger partial charge >= 0.3 is 0 Å². The maximum absolute atomic E-state index is 12.4. The van der Waals surface area contributed by atoms with Gasteiger partial charge in [-0.05, 0) is 41.7 Å². The Bertz CT molecular complexity index is 785. The molecule has 0 spiro atoms. The highest BCUT2D eigenvalue weighted by molar-refractivity contribution is 5.94. The summed E-state index contributed by atoms with van der Waals surface area (Å²) in [6.45, 7) is 8.13. The Hall–Kier alpha value is -2.66. The van der Waals surface area contributed by atoms with Gasteiger partial charge in [-0.3, -0.25) is 9.59 Å². The Morgan fingerprint density at radius 3 is 2.18 bits per heavy atom. The molecule has 0 aromatic heterocycles. The first-order valence-corrected chi connectivity index (χ1v) is 9.88. The molecule has 0 aliphatic heterocycles. The second-order valence-electron chi connectivity index (χ2n) is 7.40. The standard InChI is InChI=1S/C23H31N3O2/c1-5-7-18-10-12-19(13-11-18)23(16(2)3)24-15-22(28)26-21-9-6-8-20(14-21)25-17(4)27/h6,8-14,16,23-24H,5,7,15H2,1-4H3,(H,25,27)(H,26,28). The van der Waals surface area contributed by atoms with Crippen LogP contribution in [-0.2, 0) is 16.0 Å². The normalized spacial score (nSPS) is 11.9. The van der Waals surface area contributed by atoms with Gasteiger partial charge in [0.2, 0.25) is 11.8 Å². The quantitative estimate of drug-likeness (QED) is 0.598. The number of carbonyl (C=O) groups excluding carboxylic acids is 2. The topological polar surface area (TPSA) is 70.2 Å². The van der Waals surface area contributed by atoms with Gasteiger partial charge in [-0.15, -0.1) is 0 Å². The van der Waals surface area contributed by atoms with Crippen LogP contribution < -0.4 is 16.0 Å². The number of amides is 2. The van der Waals surface area contributed by atoms with Gasteiger partial charge in [0.25, 0.3) is 0 Å². The van der Waals surface area contributed by atoms with E-state index in [4.69, 9.17) is 0 Å². The SMILES string of the molecule is CCCc1ccc(C(NCC(=O)Nc2cccc(NC(C)=O)c2)C(C)C)cc1. The summed E-state index contributed by atoms with van der Waals surface area (Å²) in [5, 5.41) is 8.96. The summed E-state index contributed by atoms with van der Waals surface area (Å²) in [6, 6.07) is 15.9. The van der Waals surface area contributed by atoms with Crippen LogP contribution >= 0.6 is 0 Å². The van der Waals surface area contributed by atoms with Gasteiger partial charge in [-0.1, -0.05) is 57.5 Å². The summed E-state index contributed by atoms with van der Waals surface area (Å²) in [5.41, 5.74) is 3.84. The average Bonchev–Trinajstić information content (AvgIpc) is 2.63. The van der Waals surface area contributed by atoms with E-state index >= 15 is 0 Å². The Kier molecular flexibility index (Phi) is 8.20. The number of aryl methyl sites for hydroxylation is 1. The molecule has 5 heteroatoms. The van der Waals surface area contributed by atoms with Crippen LogP contribution in [0.3, 0.4) is 0 Å². The lowest BCUT2D eigenvalue weighted by Gasteiger charge is -2.23. The largest absolute Gasteiger partial charge is 0.326 e. The zero-order valence-electron chi connectivity index (χ0n) is 17.2. The average molecular weight is 382 g/mol. The number of anilines is 2. The van der Waals surface area contributed by atoms with Crippen molar-refractivity contribution in [2.75, 3.05) is 17.2 Å². The molecule has 5 nitrogen and oxygen atoms in total. The summed E-state index contributed by atoms with van der Waals surface area (Å²) in [6.07, 6.45) is 2.22. The van der Waals surface area contributed by atoms with E-state index in [1.54, 1.807) is 24.3 Å². The number of carbonyl (C=O) groups is 2. The lowest BCUT2D eigenvalue weighted by molar-refractivity contribution is -0.115. The van der Waals surface area contributed by atoms with Crippen LogP contribution in [0, 0.1) is 5.92 Å². The third-order valence-corrected chi connectivity index (χ3v) is 4.49. The molecule has 3 N–H and O–H groups in total. The van der Waals surface area contributed by atoms with E-state index in [1.165, 1.54) is 18.1 Å². The summed E-state index contributed by atoms with van der Waals surface area (Å²) in [5.74, 6) is 0.0935. The third-order valence-electron chi connectivity index (χ3n) is 4.49. The zero-order chi connectivity index (χ0) is 20.5. The molecule has 2 aromatic rings. The van der Waals surface area contributed by atoms with Gasteiger partial charge in [-0.25, -0.2) is 0 Å². The van der Waals surface area contributed by atoms with Crippen molar-refractivity contribution in [3.8, 4) is 0 Å². The van der Waals surface area contributed by atoms with Gasteiger partial charge in [0.15, 0.2) is 0 Å². The molecule has 0 saturated heterocycles. The van der Waals surface area contributed by atoms with Crippen molar-refractivity contribution in [3.05, 3.63) is 59.7 Å². The molecule has 0 bridgehead atoms. The summed E-state index contributed by atoms with van der Waals surface area (Å²) < 4.78 is 0. The molecule has 2 rings (SSSR count). The van der Waals surface area contributed by atoms with Crippen LogP contribution in [0.25, 0.3) is 0 Å². The van der Waals surface area contributed by atoms with Crippen LogP contribution in [0.5, 0.6) is 0 Å². The molecular formula is C23H31N3O2. The molecule has 1 unspecified atom stereocenters. The third kappa shape index (κ3) is 6.82. The first-order valence-electron chi connectivity index (χ1n) is 9.88. The molecule has 0 saturated carbocycles. The first-order chi connectivity index (χ1) is 13.4. The Morgan fingerprint density at radius 1 is 0.964 bits per heavy atom. The monoisotopic (exact) mass is 381 g/mol. The molecule has 28 heavy (non-hydrogen) atoms. The van der Waals surface area contributed by atoms with E-state index in [-0.39, 0.29) is 24.4 Å². The fourth-order valence-electron chi connectivity index (χ4n) is 3.20. The molecule has 150 valence electrons. The molecular weight excluding hydrogens is 350 g/mol. The van der Waals surface area contributed by atoms with Gasteiger partial charge in [-0.2, -0.15) is 0 Å². The zero-order valence-corrected chi connectivity index (χ0v) is 17.2.